The Morgan fingerprint density at radius 2 is 2.22 bits per heavy atom. The van der Waals surface area contributed by atoms with E-state index in [9.17, 15) is 14.4 Å². The topological polar surface area (TPSA) is 91.4 Å². The maximum atomic E-state index is 12.6. The molecule has 2 aromatic rings. The fourth-order valence-corrected chi connectivity index (χ4v) is 4.49. The Bertz CT molecular complexity index is 818. The van der Waals surface area contributed by atoms with Gasteiger partial charge in [0.2, 0.25) is 5.91 Å². The molecule has 2 atom stereocenters. The van der Waals surface area contributed by atoms with Gasteiger partial charge in [-0.3, -0.25) is 14.5 Å². The third-order valence-corrected chi connectivity index (χ3v) is 6.04. The lowest BCUT2D eigenvalue weighted by molar-refractivity contribution is -0.131. The molecule has 0 aliphatic carbocycles. The fraction of sp³-hybridized carbons (Fsp3) is 0.444. The predicted octanol–water partition coefficient (Wildman–Crippen LogP) is 2.63. The first-order valence-corrected chi connectivity index (χ1v) is 10.6. The largest absolute Gasteiger partial charge is 0.346 e. The van der Waals surface area contributed by atoms with Crippen LogP contribution in [0.25, 0.3) is 0 Å². The molecule has 3 rings (SSSR count). The lowest BCUT2D eigenvalue weighted by Gasteiger charge is -2.17. The molecule has 1 fully saturated rings. The maximum absolute atomic E-state index is 12.6. The summed E-state index contributed by atoms with van der Waals surface area (Å²) in [4.78, 5) is 42.4. The molecule has 7 nitrogen and oxygen atoms in total. The van der Waals surface area contributed by atoms with Gasteiger partial charge in [0.15, 0.2) is 0 Å². The lowest BCUT2D eigenvalue weighted by atomic mass is 10.1. The van der Waals surface area contributed by atoms with E-state index in [1.54, 1.807) is 11.3 Å². The molecule has 144 valence electrons. The van der Waals surface area contributed by atoms with Crippen molar-refractivity contribution < 1.29 is 14.4 Å². The Morgan fingerprint density at radius 1 is 1.41 bits per heavy atom. The number of nitrogens with zero attached hydrogens (tertiary/aromatic N) is 2. The van der Waals surface area contributed by atoms with Crippen LogP contribution < -0.4 is 10.6 Å². The van der Waals surface area contributed by atoms with Crippen molar-refractivity contribution in [3.8, 4) is 0 Å². The van der Waals surface area contributed by atoms with Gasteiger partial charge in [-0.2, -0.15) is 11.3 Å². The van der Waals surface area contributed by atoms with E-state index >= 15 is 0 Å². The Hall–Kier alpha value is -2.26. The van der Waals surface area contributed by atoms with Crippen LogP contribution in [0.2, 0.25) is 0 Å². The first-order valence-electron chi connectivity index (χ1n) is 8.82. The summed E-state index contributed by atoms with van der Waals surface area (Å²) < 4.78 is 0. The van der Waals surface area contributed by atoms with Gasteiger partial charge in [-0.25, -0.2) is 9.78 Å². The second kappa shape index (κ2) is 8.62. The number of imide groups is 1. The summed E-state index contributed by atoms with van der Waals surface area (Å²) in [7, 11) is 0. The number of hydrogen-bond donors (Lipinski definition) is 2. The van der Waals surface area contributed by atoms with Crippen LogP contribution in [0, 0.1) is 6.92 Å². The quantitative estimate of drug-likeness (QED) is 0.659. The molecule has 1 aliphatic heterocycles. The van der Waals surface area contributed by atoms with E-state index in [4.69, 9.17) is 0 Å². The van der Waals surface area contributed by atoms with Crippen molar-refractivity contribution in [3.05, 3.63) is 38.5 Å². The van der Waals surface area contributed by atoms with Crippen LogP contribution in [0.5, 0.6) is 0 Å². The Balaban J connectivity index is 1.66. The minimum Gasteiger partial charge on any atom is -0.346 e. The Morgan fingerprint density at radius 3 is 2.85 bits per heavy atom. The van der Waals surface area contributed by atoms with Crippen LogP contribution >= 0.6 is 22.7 Å². The van der Waals surface area contributed by atoms with E-state index in [1.165, 1.54) is 16.2 Å². The third-order valence-electron chi connectivity index (χ3n) is 4.23. The Labute approximate surface area is 165 Å². The van der Waals surface area contributed by atoms with Crippen molar-refractivity contribution in [2.45, 2.75) is 45.2 Å². The molecule has 0 aromatic carbocycles. The average Bonchev–Trinajstić information content (AvgIpc) is 3.33. The summed E-state index contributed by atoms with van der Waals surface area (Å²) in [6, 6.07) is 0.534. The monoisotopic (exact) mass is 406 g/mol. The number of rotatable bonds is 8. The number of amides is 4. The first-order chi connectivity index (χ1) is 13.0. The maximum Gasteiger partial charge on any atom is 0.324 e. The van der Waals surface area contributed by atoms with Crippen LogP contribution in [0.15, 0.2) is 22.2 Å². The summed E-state index contributed by atoms with van der Waals surface area (Å²) in [6.07, 6.45) is 1.24. The lowest BCUT2D eigenvalue weighted by Crippen LogP contribution is -2.38. The van der Waals surface area contributed by atoms with Gasteiger partial charge in [0.1, 0.15) is 11.0 Å². The number of carbonyl (C=O) groups is 3. The summed E-state index contributed by atoms with van der Waals surface area (Å²) >= 11 is 3.11. The van der Waals surface area contributed by atoms with E-state index in [0.717, 1.165) is 16.3 Å². The third kappa shape index (κ3) is 4.72. The molecule has 1 saturated heterocycles. The smallest absolute Gasteiger partial charge is 0.324 e. The second-order valence-corrected chi connectivity index (χ2v) is 8.15. The number of urea groups is 1. The minimum atomic E-state index is -0.802. The second-order valence-electron chi connectivity index (χ2n) is 6.48. The molecule has 9 heteroatoms. The van der Waals surface area contributed by atoms with Crippen molar-refractivity contribution in [1.29, 1.82) is 0 Å². The van der Waals surface area contributed by atoms with Crippen LogP contribution in [0.1, 0.15) is 42.1 Å². The van der Waals surface area contributed by atoms with Gasteiger partial charge in [0.05, 0.1) is 12.5 Å². The molecule has 0 radical (unpaired) electrons. The number of nitrogens with one attached hydrogen (secondary N) is 2. The van der Waals surface area contributed by atoms with Crippen LogP contribution in [-0.2, 0) is 16.0 Å². The zero-order chi connectivity index (χ0) is 19.4. The average molecular weight is 407 g/mol. The van der Waals surface area contributed by atoms with E-state index in [1.807, 2.05) is 36.1 Å². The molecule has 3 heterocycles. The number of carbonyl (C=O) groups excluding carboxylic acids is 3. The summed E-state index contributed by atoms with van der Waals surface area (Å²) in [5.74, 6) is -0.614. The highest BCUT2D eigenvalue weighted by atomic mass is 32.1. The van der Waals surface area contributed by atoms with Crippen molar-refractivity contribution in [1.82, 2.24) is 20.5 Å². The molecular weight excluding hydrogens is 384 g/mol. The van der Waals surface area contributed by atoms with Crippen LogP contribution in [0.3, 0.4) is 0 Å². The summed E-state index contributed by atoms with van der Waals surface area (Å²) in [5, 5.41) is 12.4. The highest BCUT2D eigenvalue weighted by Crippen LogP contribution is 2.23. The van der Waals surface area contributed by atoms with Gasteiger partial charge < -0.3 is 10.6 Å². The van der Waals surface area contributed by atoms with E-state index in [2.05, 4.69) is 15.6 Å². The number of aryl methyl sites for hydroxylation is 1. The van der Waals surface area contributed by atoms with Gasteiger partial charge >= 0.3 is 6.03 Å². The molecule has 2 N–H and O–H groups in total. The molecule has 0 spiro atoms. The number of thiophene rings is 1. The van der Waals surface area contributed by atoms with Gasteiger partial charge in [-0.1, -0.05) is 6.92 Å². The summed E-state index contributed by atoms with van der Waals surface area (Å²) in [6.45, 7) is 4.17. The predicted molar refractivity (Wildman–Crippen MR) is 105 cm³/mol. The normalized spacial score (nSPS) is 17.9. The molecule has 2 aromatic heterocycles. The van der Waals surface area contributed by atoms with E-state index in [-0.39, 0.29) is 24.3 Å². The van der Waals surface area contributed by atoms with E-state index in [0.29, 0.717) is 19.4 Å². The molecule has 0 bridgehead atoms. The van der Waals surface area contributed by atoms with Gasteiger partial charge in [0.25, 0.3) is 5.91 Å². The number of thiazole rings is 1. The van der Waals surface area contributed by atoms with Crippen molar-refractivity contribution in [3.63, 3.8) is 0 Å². The van der Waals surface area contributed by atoms with Gasteiger partial charge in [0, 0.05) is 24.0 Å². The molecule has 2 unspecified atom stereocenters. The minimum absolute atomic E-state index is 0.0741. The Kier molecular flexibility index (Phi) is 6.22. The van der Waals surface area contributed by atoms with Gasteiger partial charge in [-0.15, -0.1) is 11.3 Å². The number of hydrogen-bond acceptors (Lipinski definition) is 6. The molecule has 0 saturated carbocycles. The standard InChI is InChI=1S/C18H22N4O3S2/c1-3-5-22-17(24)14(21-18(22)25)8-15(23)20-13(7-12-4-6-26-10-12)16-19-11(2)9-27-16/h4,6,9-10,13-14H,3,5,7-8H2,1-2H3,(H,20,23)(H,21,25). The van der Waals surface area contributed by atoms with Crippen molar-refractivity contribution in [2.75, 3.05) is 6.54 Å². The fourth-order valence-electron chi connectivity index (χ4n) is 2.97. The first kappa shape index (κ1) is 19.5. The summed E-state index contributed by atoms with van der Waals surface area (Å²) in [5.41, 5.74) is 2.03. The zero-order valence-corrected chi connectivity index (χ0v) is 16.9. The zero-order valence-electron chi connectivity index (χ0n) is 15.2. The molecule has 27 heavy (non-hydrogen) atoms. The molecule has 4 amide bonds. The van der Waals surface area contributed by atoms with E-state index < -0.39 is 12.1 Å². The highest BCUT2D eigenvalue weighted by Gasteiger charge is 2.38. The van der Waals surface area contributed by atoms with Crippen molar-refractivity contribution in [2.24, 2.45) is 0 Å². The molecular formula is C18H22N4O3S2. The highest BCUT2D eigenvalue weighted by molar-refractivity contribution is 7.09. The molecule has 1 aliphatic rings. The number of aromatic nitrogens is 1. The SMILES string of the molecule is CCCN1C(=O)NC(CC(=O)NC(Cc2ccsc2)c2nc(C)cs2)C1=O. The van der Waals surface area contributed by atoms with Crippen LogP contribution in [0.4, 0.5) is 4.79 Å². The van der Waals surface area contributed by atoms with Gasteiger partial charge in [-0.05, 0) is 35.7 Å². The van der Waals surface area contributed by atoms with Crippen LogP contribution in [-0.4, -0.2) is 40.3 Å². The van der Waals surface area contributed by atoms with Crippen molar-refractivity contribution >= 4 is 40.5 Å².